The molecule has 0 spiro atoms. The Morgan fingerprint density at radius 1 is 1.04 bits per heavy atom. The number of nitrogens with zero attached hydrogens (tertiary/aromatic N) is 1. The molecule has 0 saturated heterocycles. The fraction of sp³-hybridized carbons (Fsp3) is 0.158. The monoisotopic (exact) mass is 308 g/mol. The van der Waals surface area contributed by atoms with Crippen molar-refractivity contribution in [2.24, 2.45) is 0 Å². The Balaban J connectivity index is 2.24. The third-order valence-electron chi connectivity index (χ3n) is 3.25. The highest BCUT2D eigenvalue weighted by Crippen LogP contribution is 2.18. The number of amides is 1. The molecule has 0 fully saturated rings. The highest BCUT2D eigenvalue weighted by Gasteiger charge is 2.12. The van der Waals surface area contributed by atoms with Crippen molar-refractivity contribution in [3.05, 3.63) is 77.5 Å². The van der Waals surface area contributed by atoms with Gasteiger partial charge in [0.05, 0.1) is 5.69 Å². The van der Waals surface area contributed by atoms with Crippen LogP contribution in [-0.2, 0) is 0 Å². The van der Waals surface area contributed by atoms with Crippen molar-refractivity contribution in [3.63, 3.8) is 0 Å². The normalized spacial score (nSPS) is 10.6. The molecule has 4 heteroatoms. The Bertz CT molecular complexity index is 749. The van der Waals surface area contributed by atoms with Crippen molar-refractivity contribution in [2.45, 2.75) is 6.92 Å². The average Bonchev–Trinajstić information content (AvgIpc) is 2.53. The number of para-hydroxylation sites is 1. The van der Waals surface area contributed by atoms with Gasteiger partial charge in [0.15, 0.2) is 5.78 Å². The molecule has 2 rings (SSSR count). The van der Waals surface area contributed by atoms with E-state index in [-0.39, 0.29) is 11.7 Å². The topological polar surface area (TPSA) is 49.4 Å². The molecule has 1 amide bonds. The summed E-state index contributed by atoms with van der Waals surface area (Å²) in [5.41, 5.74) is 2.55. The number of carbonyl (C=O) groups is 2. The van der Waals surface area contributed by atoms with E-state index in [0.717, 1.165) is 5.56 Å². The summed E-state index contributed by atoms with van der Waals surface area (Å²) < 4.78 is 0. The van der Waals surface area contributed by atoms with Crippen LogP contribution in [-0.4, -0.2) is 30.7 Å². The molecule has 0 atom stereocenters. The molecule has 23 heavy (non-hydrogen) atoms. The minimum Gasteiger partial charge on any atom is -0.383 e. The summed E-state index contributed by atoms with van der Waals surface area (Å²) in [6.45, 7) is 1.93. The summed E-state index contributed by atoms with van der Waals surface area (Å²) in [4.78, 5) is 26.4. The van der Waals surface area contributed by atoms with Crippen LogP contribution < -0.4 is 5.32 Å². The van der Waals surface area contributed by atoms with E-state index < -0.39 is 0 Å². The molecule has 1 N–H and O–H groups in total. The quantitative estimate of drug-likeness (QED) is 0.679. The molecule has 0 aliphatic rings. The maximum Gasteiger partial charge on any atom is 0.255 e. The van der Waals surface area contributed by atoms with Gasteiger partial charge in [-0.25, -0.2) is 0 Å². The molecule has 0 unspecified atom stereocenters. The van der Waals surface area contributed by atoms with E-state index in [2.05, 4.69) is 5.32 Å². The fourth-order valence-corrected chi connectivity index (χ4v) is 2.09. The standard InChI is InChI=1S/C19H20N2O2/c1-14-7-6-8-15(13-14)19(23)20-17-10-5-4-9-16(17)18(22)11-12-21(2)3/h4-13H,1-3H3,(H,20,23)/b12-11+. The van der Waals surface area contributed by atoms with Gasteiger partial charge in [-0.3, -0.25) is 9.59 Å². The van der Waals surface area contributed by atoms with Gasteiger partial charge in [-0.1, -0.05) is 29.8 Å². The second kappa shape index (κ2) is 7.40. The van der Waals surface area contributed by atoms with Gasteiger partial charge in [0.2, 0.25) is 0 Å². The molecule has 118 valence electrons. The Morgan fingerprint density at radius 2 is 1.78 bits per heavy atom. The van der Waals surface area contributed by atoms with Crippen LogP contribution in [0.15, 0.2) is 60.8 Å². The zero-order chi connectivity index (χ0) is 16.8. The predicted octanol–water partition coefficient (Wildman–Crippen LogP) is 3.51. The minimum atomic E-state index is -0.231. The molecule has 0 radical (unpaired) electrons. The van der Waals surface area contributed by atoms with Gasteiger partial charge in [-0.2, -0.15) is 0 Å². The number of ketones is 1. The molecule has 2 aromatic rings. The van der Waals surface area contributed by atoms with Gasteiger partial charge in [-0.15, -0.1) is 0 Å². The molecular formula is C19H20N2O2. The van der Waals surface area contributed by atoms with E-state index in [1.165, 1.54) is 6.08 Å². The molecular weight excluding hydrogens is 288 g/mol. The summed E-state index contributed by atoms with van der Waals surface area (Å²) in [7, 11) is 3.68. The Hall–Kier alpha value is -2.88. The summed E-state index contributed by atoms with van der Waals surface area (Å²) >= 11 is 0. The smallest absolute Gasteiger partial charge is 0.255 e. The van der Waals surface area contributed by atoms with E-state index in [1.54, 1.807) is 41.4 Å². The van der Waals surface area contributed by atoms with Gasteiger partial charge < -0.3 is 10.2 Å². The molecule has 0 aliphatic heterocycles. The number of carbonyl (C=O) groups excluding carboxylic acids is 2. The lowest BCUT2D eigenvalue weighted by Crippen LogP contribution is -2.14. The van der Waals surface area contributed by atoms with E-state index in [0.29, 0.717) is 16.8 Å². The van der Waals surface area contributed by atoms with Crippen LogP contribution >= 0.6 is 0 Å². The lowest BCUT2D eigenvalue weighted by Gasteiger charge is -2.10. The van der Waals surface area contributed by atoms with Gasteiger partial charge in [0.1, 0.15) is 0 Å². The number of allylic oxidation sites excluding steroid dienone is 1. The molecule has 0 aliphatic carbocycles. The van der Waals surface area contributed by atoms with Gasteiger partial charge in [-0.05, 0) is 31.2 Å². The van der Waals surface area contributed by atoms with Crippen LogP contribution in [0.2, 0.25) is 0 Å². The summed E-state index contributed by atoms with van der Waals surface area (Å²) in [5.74, 6) is -0.385. The number of nitrogens with one attached hydrogen (secondary N) is 1. The average molecular weight is 308 g/mol. The summed E-state index contributed by atoms with van der Waals surface area (Å²) in [6.07, 6.45) is 3.17. The van der Waals surface area contributed by atoms with E-state index >= 15 is 0 Å². The van der Waals surface area contributed by atoms with Crippen molar-refractivity contribution in [2.75, 3.05) is 19.4 Å². The number of anilines is 1. The van der Waals surface area contributed by atoms with Crippen LogP contribution in [0.25, 0.3) is 0 Å². The third-order valence-corrected chi connectivity index (χ3v) is 3.25. The van der Waals surface area contributed by atoms with Gasteiger partial charge in [0.25, 0.3) is 5.91 Å². The van der Waals surface area contributed by atoms with Crippen molar-refractivity contribution in [1.29, 1.82) is 0 Å². The van der Waals surface area contributed by atoms with Crippen LogP contribution in [0.5, 0.6) is 0 Å². The number of hydrogen-bond donors (Lipinski definition) is 1. The Kier molecular flexibility index (Phi) is 5.31. The molecule has 0 aromatic heterocycles. The first-order chi connectivity index (χ1) is 11.0. The van der Waals surface area contributed by atoms with E-state index in [9.17, 15) is 9.59 Å². The van der Waals surface area contributed by atoms with Gasteiger partial charge in [0, 0.05) is 37.5 Å². The second-order valence-electron chi connectivity index (χ2n) is 5.51. The number of aryl methyl sites for hydroxylation is 1. The molecule has 0 heterocycles. The number of benzene rings is 2. The molecule has 4 nitrogen and oxygen atoms in total. The zero-order valence-electron chi connectivity index (χ0n) is 13.5. The highest BCUT2D eigenvalue weighted by molar-refractivity contribution is 6.12. The molecule has 2 aromatic carbocycles. The lowest BCUT2D eigenvalue weighted by atomic mass is 10.1. The van der Waals surface area contributed by atoms with Crippen molar-refractivity contribution < 1.29 is 9.59 Å². The maximum absolute atomic E-state index is 12.4. The van der Waals surface area contributed by atoms with Crippen LogP contribution in [0, 0.1) is 6.92 Å². The lowest BCUT2D eigenvalue weighted by molar-refractivity contribution is 0.102. The first-order valence-electron chi connectivity index (χ1n) is 7.33. The van der Waals surface area contributed by atoms with Crippen molar-refractivity contribution >= 4 is 17.4 Å². The highest BCUT2D eigenvalue weighted by atomic mass is 16.1. The van der Waals surface area contributed by atoms with Crippen molar-refractivity contribution in [3.8, 4) is 0 Å². The SMILES string of the molecule is Cc1cccc(C(=O)Nc2ccccc2C(=O)/C=C/N(C)C)c1. The van der Waals surface area contributed by atoms with E-state index in [4.69, 9.17) is 0 Å². The third kappa shape index (κ3) is 4.54. The fourth-order valence-electron chi connectivity index (χ4n) is 2.09. The largest absolute Gasteiger partial charge is 0.383 e. The maximum atomic E-state index is 12.4. The predicted molar refractivity (Wildman–Crippen MR) is 92.7 cm³/mol. The molecule has 0 saturated carbocycles. The zero-order valence-corrected chi connectivity index (χ0v) is 13.5. The van der Waals surface area contributed by atoms with Crippen LogP contribution in [0.3, 0.4) is 0 Å². The Morgan fingerprint density at radius 3 is 2.48 bits per heavy atom. The number of rotatable bonds is 5. The van der Waals surface area contributed by atoms with Crippen LogP contribution in [0.1, 0.15) is 26.3 Å². The molecule has 0 bridgehead atoms. The number of hydrogen-bond acceptors (Lipinski definition) is 3. The van der Waals surface area contributed by atoms with E-state index in [1.807, 2.05) is 39.2 Å². The Labute approximate surface area is 136 Å². The summed E-state index contributed by atoms with van der Waals surface area (Å²) in [6, 6.07) is 14.3. The second-order valence-corrected chi connectivity index (χ2v) is 5.51. The summed E-state index contributed by atoms with van der Waals surface area (Å²) in [5, 5.41) is 2.82. The van der Waals surface area contributed by atoms with Crippen LogP contribution in [0.4, 0.5) is 5.69 Å². The first-order valence-corrected chi connectivity index (χ1v) is 7.33. The van der Waals surface area contributed by atoms with Gasteiger partial charge >= 0.3 is 0 Å². The van der Waals surface area contributed by atoms with Crippen molar-refractivity contribution in [1.82, 2.24) is 4.90 Å². The first kappa shape index (κ1) is 16.5. The minimum absolute atomic E-state index is 0.154.